The van der Waals surface area contributed by atoms with Crippen molar-refractivity contribution >= 4 is 5.91 Å². The summed E-state index contributed by atoms with van der Waals surface area (Å²) in [4.78, 5) is 12.3. The van der Waals surface area contributed by atoms with Gasteiger partial charge in [0, 0.05) is 25.7 Å². The van der Waals surface area contributed by atoms with Crippen LogP contribution in [0.15, 0.2) is 24.5 Å². The van der Waals surface area contributed by atoms with Gasteiger partial charge in [-0.2, -0.15) is 5.10 Å². The van der Waals surface area contributed by atoms with E-state index in [0.29, 0.717) is 25.1 Å². The van der Waals surface area contributed by atoms with Crippen molar-refractivity contribution in [3.05, 3.63) is 46.8 Å². The molecule has 0 aliphatic rings. The zero-order chi connectivity index (χ0) is 21.8. The number of phenols is 1. The average molecular weight is 400 g/mol. The fourth-order valence-corrected chi connectivity index (χ4v) is 3.39. The maximum atomic E-state index is 12.3. The molecule has 1 aromatic heterocycles. The number of aromatic nitrogens is 2. The molecule has 0 radical (unpaired) electrons. The van der Waals surface area contributed by atoms with E-state index in [1.54, 1.807) is 0 Å². The molecular formula is C24H37N3O2. The maximum Gasteiger partial charge on any atom is 0.220 e. The van der Waals surface area contributed by atoms with Gasteiger partial charge in [-0.3, -0.25) is 9.48 Å². The number of amides is 1. The topological polar surface area (TPSA) is 67.2 Å². The summed E-state index contributed by atoms with van der Waals surface area (Å²) in [5.74, 6) is 0.441. The molecule has 2 aromatic rings. The second kappa shape index (κ2) is 9.02. The SMILES string of the molecule is Cc1cnn(CCCNC(=O)CCc2cc(C(C)(C)C)c(O)c(C(C)(C)C)c2)c1. The first kappa shape index (κ1) is 23.0. The molecule has 0 fully saturated rings. The third-order valence-corrected chi connectivity index (χ3v) is 5.07. The summed E-state index contributed by atoms with van der Waals surface area (Å²) in [5, 5.41) is 18.1. The number of phenolic OH excluding ortho intramolecular Hbond substituents is 1. The fourth-order valence-electron chi connectivity index (χ4n) is 3.39. The molecule has 1 heterocycles. The largest absolute Gasteiger partial charge is 0.507 e. The van der Waals surface area contributed by atoms with Crippen LogP contribution < -0.4 is 5.32 Å². The van der Waals surface area contributed by atoms with Gasteiger partial charge in [-0.25, -0.2) is 0 Å². The lowest BCUT2D eigenvalue weighted by molar-refractivity contribution is -0.121. The molecule has 0 atom stereocenters. The molecule has 5 heteroatoms. The van der Waals surface area contributed by atoms with E-state index in [2.05, 4.69) is 64.1 Å². The Kier molecular flexibility index (Phi) is 7.15. The summed E-state index contributed by atoms with van der Waals surface area (Å²) >= 11 is 0. The minimum atomic E-state index is -0.160. The van der Waals surface area contributed by atoms with E-state index in [-0.39, 0.29) is 16.7 Å². The van der Waals surface area contributed by atoms with Crippen molar-refractivity contribution in [2.45, 2.75) is 85.1 Å². The Morgan fingerprint density at radius 3 is 2.17 bits per heavy atom. The van der Waals surface area contributed by atoms with E-state index in [4.69, 9.17) is 0 Å². The number of aromatic hydroxyl groups is 1. The quantitative estimate of drug-likeness (QED) is 0.667. The van der Waals surface area contributed by atoms with Crippen LogP contribution in [0.25, 0.3) is 0 Å². The first-order valence-electron chi connectivity index (χ1n) is 10.5. The monoisotopic (exact) mass is 399 g/mol. The average Bonchev–Trinajstić information content (AvgIpc) is 3.01. The standard InChI is InChI=1S/C24H37N3O2/c1-17-15-26-27(16-17)12-8-11-25-21(28)10-9-18-13-19(23(2,3)4)22(29)20(14-18)24(5,6)7/h13-16,29H,8-12H2,1-7H3,(H,25,28). The van der Waals surface area contributed by atoms with Crippen LogP contribution in [0.4, 0.5) is 0 Å². The van der Waals surface area contributed by atoms with E-state index in [0.717, 1.165) is 35.2 Å². The Bertz CT molecular complexity index is 804. The summed E-state index contributed by atoms with van der Waals surface area (Å²) in [6.07, 6.45) is 5.81. The third-order valence-electron chi connectivity index (χ3n) is 5.07. The second-order valence-corrected chi connectivity index (χ2v) is 10.0. The van der Waals surface area contributed by atoms with Gasteiger partial charge in [0.2, 0.25) is 5.91 Å². The van der Waals surface area contributed by atoms with E-state index >= 15 is 0 Å². The molecule has 5 nitrogen and oxygen atoms in total. The molecule has 1 aromatic carbocycles. The number of aryl methyl sites for hydroxylation is 3. The number of benzene rings is 1. The number of hydrogen-bond acceptors (Lipinski definition) is 3. The van der Waals surface area contributed by atoms with E-state index < -0.39 is 0 Å². The van der Waals surface area contributed by atoms with Crippen molar-refractivity contribution in [1.29, 1.82) is 0 Å². The Morgan fingerprint density at radius 2 is 1.69 bits per heavy atom. The number of nitrogens with one attached hydrogen (secondary N) is 1. The first-order valence-corrected chi connectivity index (χ1v) is 10.5. The van der Waals surface area contributed by atoms with Crippen LogP contribution in [0.2, 0.25) is 0 Å². The van der Waals surface area contributed by atoms with Gasteiger partial charge in [-0.1, -0.05) is 53.7 Å². The zero-order valence-corrected chi connectivity index (χ0v) is 19.1. The van der Waals surface area contributed by atoms with Gasteiger partial charge in [0.25, 0.3) is 0 Å². The lowest BCUT2D eigenvalue weighted by atomic mass is 9.78. The van der Waals surface area contributed by atoms with Gasteiger partial charge < -0.3 is 10.4 Å². The van der Waals surface area contributed by atoms with Gasteiger partial charge >= 0.3 is 0 Å². The van der Waals surface area contributed by atoms with E-state index in [1.807, 2.05) is 24.0 Å². The highest BCUT2D eigenvalue weighted by Gasteiger charge is 2.26. The van der Waals surface area contributed by atoms with E-state index in [9.17, 15) is 9.90 Å². The highest BCUT2D eigenvalue weighted by molar-refractivity contribution is 5.76. The Labute approximate surface area is 175 Å². The van der Waals surface area contributed by atoms with Crippen LogP contribution in [0.1, 0.15) is 76.6 Å². The van der Waals surface area contributed by atoms with Gasteiger partial charge in [0.15, 0.2) is 0 Å². The molecule has 29 heavy (non-hydrogen) atoms. The predicted molar refractivity (Wildman–Crippen MR) is 118 cm³/mol. The van der Waals surface area contributed by atoms with Gasteiger partial charge in [-0.15, -0.1) is 0 Å². The van der Waals surface area contributed by atoms with Crippen molar-refractivity contribution in [1.82, 2.24) is 15.1 Å². The maximum absolute atomic E-state index is 12.3. The van der Waals surface area contributed by atoms with Gasteiger partial charge in [0.1, 0.15) is 5.75 Å². The van der Waals surface area contributed by atoms with Gasteiger partial charge in [-0.05, 0) is 52.8 Å². The minimum absolute atomic E-state index is 0.0596. The summed E-state index contributed by atoms with van der Waals surface area (Å²) in [7, 11) is 0. The smallest absolute Gasteiger partial charge is 0.220 e. The fraction of sp³-hybridized carbons (Fsp3) is 0.583. The van der Waals surface area contributed by atoms with Crippen molar-refractivity contribution < 1.29 is 9.90 Å². The molecule has 1 amide bonds. The second-order valence-electron chi connectivity index (χ2n) is 10.0. The number of rotatable bonds is 7. The summed E-state index contributed by atoms with van der Waals surface area (Å²) in [5.41, 5.74) is 3.80. The number of carbonyl (C=O) groups is 1. The Balaban J connectivity index is 1.95. The Hall–Kier alpha value is -2.30. The molecule has 160 valence electrons. The molecule has 0 aliphatic carbocycles. The predicted octanol–water partition coefficient (Wildman–Crippen LogP) is 4.63. The van der Waals surface area contributed by atoms with Crippen molar-refractivity contribution in [2.24, 2.45) is 0 Å². The third kappa shape index (κ3) is 6.62. The molecule has 0 saturated carbocycles. The zero-order valence-electron chi connectivity index (χ0n) is 19.1. The molecular weight excluding hydrogens is 362 g/mol. The molecule has 0 bridgehead atoms. The molecule has 2 rings (SSSR count). The normalized spacial score (nSPS) is 12.2. The van der Waals surface area contributed by atoms with Crippen LogP contribution in [0, 0.1) is 6.92 Å². The summed E-state index contributed by atoms with van der Waals surface area (Å²) < 4.78 is 1.90. The molecule has 0 unspecified atom stereocenters. The van der Waals surface area contributed by atoms with Crippen molar-refractivity contribution in [3.63, 3.8) is 0 Å². The Morgan fingerprint density at radius 1 is 1.10 bits per heavy atom. The number of carbonyl (C=O) groups excluding carboxylic acids is 1. The van der Waals surface area contributed by atoms with E-state index in [1.165, 1.54) is 0 Å². The van der Waals surface area contributed by atoms with Crippen molar-refractivity contribution in [3.8, 4) is 5.75 Å². The lowest BCUT2D eigenvalue weighted by Crippen LogP contribution is -2.25. The van der Waals surface area contributed by atoms with Crippen LogP contribution in [0.5, 0.6) is 5.75 Å². The lowest BCUT2D eigenvalue weighted by Gasteiger charge is -2.28. The summed E-state index contributed by atoms with van der Waals surface area (Å²) in [6, 6.07) is 4.11. The highest BCUT2D eigenvalue weighted by Crippen LogP contribution is 2.39. The number of nitrogens with zero attached hydrogens (tertiary/aromatic N) is 2. The summed E-state index contributed by atoms with van der Waals surface area (Å²) in [6.45, 7) is 16.1. The van der Waals surface area contributed by atoms with Crippen molar-refractivity contribution in [2.75, 3.05) is 6.54 Å². The minimum Gasteiger partial charge on any atom is -0.507 e. The first-order chi connectivity index (χ1) is 13.4. The van der Waals surface area contributed by atoms with Crippen LogP contribution in [0.3, 0.4) is 0 Å². The van der Waals surface area contributed by atoms with Crippen LogP contribution in [-0.4, -0.2) is 27.3 Å². The van der Waals surface area contributed by atoms with Crippen LogP contribution >= 0.6 is 0 Å². The molecule has 0 aliphatic heterocycles. The van der Waals surface area contributed by atoms with Crippen LogP contribution in [-0.2, 0) is 28.6 Å². The molecule has 0 spiro atoms. The van der Waals surface area contributed by atoms with Gasteiger partial charge in [0.05, 0.1) is 6.20 Å². The number of hydrogen-bond donors (Lipinski definition) is 2. The molecule has 2 N–H and O–H groups in total. The highest BCUT2D eigenvalue weighted by atomic mass is 16.3. The molecule has 0 saturated heterocycles.